The molecule has 1 aromatic rings. The maximum Gasteiger partial charge on any atom is 0.0318 e. The van der Waals surface area contributed by atoms with E-state index in [1.807, 2.05) is 19.3 Å². The van der Waals surface area contributed by atoms with Crippen molar-refractivity contribution in [3.8, 4) is 0 Å². The number of rotatable bonds is 1. The Hall–Kier alpha value is -0.890. The van der Waals surface area contributed by atoms with E-state index in [1.165, 1.54) is 42.4 Å². The summed E-state index contributed by atoms with van der Waals surface area (Å²) in [6, 6.07) is 0.126. The van der Waals surface area contributed by atoms with Crippen molar-refractivity contribution in [2.45, 2.75) is 38.6 Å². The van der Waals surface area contributed by atoms with Crippen molar-refractivity contribution in [2.75, 3.05) is 0 Å². The molecule has 0 saturated heterocycles. The van der Waals surface area contributed by atoms with Gasteiger partial charge in [-0.2, -0.15) is 0 Å². The van der Waals surface area contributed by atoms with Crippen LogP contribution < -0.4 is 5.73 Å². The van der Waals surface area contributed by atoms with Crippen LogP contribution in [-0.4, -0.2) is 4.98 Å². The normalized spacial score (nSPS) is 18.0. The Morgan fingerprint density at radius 1 is 1.31 bits per heavy atom. The number of nitrogens with zero attached hydrogens (tertiary/aromatic N) is 1. The maximum absolute atomic E-state index is 5.90. The Kier molecular flexibility index (Phi) is 2.32. The average Bonchev–Trinajstić information content (AvgIpc) is 2.17. The number of aromatic nitrogens is 1. The van der Waals surface area contributed by atoms with Crippen molar-refractivity contribution >= 4 is 0 Å². The molecule has 0 unspecified atom stereocenters. The summed E-state index contributed by atoms with van der Waals surface area (Å²) < 4.78 is 0. The summed E-state index contributed by atoms with van der Waals surface area (Å²) in [7, 11) is 0. The van der Waals surface area contributed by atoms with E-state index in [-0.39, 0.29) is 6.04 Å². The largest absolute Gasteiger partial charge is 0.324 e. The zero-order chi connectivity index (χ0) is 9.26. The molecular weight excluding hydrogens is 160 g/mol. The Bertz CT molecular complexity index is 305. The van der Waals surface area contributed by atoms with Crippen LogP contribution >= 0.6 is 0 Å². The summed E-state index contributed by atoms with van der Waals surface area (Å²) in [5.41, 5.74) is 10.0. The minimum Gasteiger partial charge on any atom is -0.324 e. The van der Waals surface area contributed by atoms with Crippen molar-refractivity contribution in [1.29, 1.82) is 0 Å². The van der Waals surface area contributed by atoms with E-state index in [9.17, 15) is 0 Å². The van der Waals surface area contributed by atoms with Crippen molar-refractivity contribution in [1.82, 2.24) is 4.98 Å². The van der Waals surface area contributed by atoms with Gasteiger partial charge < -0.3 is 5.73 Å². The molecule has 2 heteroatoms. The lowest BCUT2D eigenvalue weighted by Gasteiger charge is -2.20. The van der Waals surface area contributed by atoms with Gasteiger partial charge in [-0.05, 0) is 49.3 Å². The zero-order valence-electron chi connectivity index (χ0n) is 8.09. The summed E-state index contributed by atoms with van der Waals surface area (Å²) in [6.45, 7) is 2.03. The average molecular weight is 176 g/mol. The van der Waals surface area contributed by atoms with E-state index in [0.717, 1.165) is 0 Å². The third-order valence-corrected chi connectivity index (χ3v) is 2.79. The quantitative estimate of drug-likeness (QED) is 0.710. The molecule has 2 N–H and O–H groups in total. The molecule has 0 amide bonds. The lowest BCUT2D eigenvalue weighted by atomic mass is 9.88. The van der Waals surface area contributed by atoms with Gasteiger partial charge in [0.1, 0.15) is 0 Å². The molecule has 1 atom stereocenters. The van der Waals surface area contributed by atoms with Crippen LogP contribution in [0, 0.1) is 0 Å². The molecule has 0 radical (unpaired) electrons. The Labute approximate surface area is 79.2 Å². The summed E-state index contributed by atoms with van der Waals surface area (Å²) in [5, 5.41) is 0. The van der Waals surface area contributed by atoms with Gasteiger partial charge >= 0.3 is 0 Å². The smallest absolute Gasteiger partial charge is 0.0318 e. The predicted molar refractivity (Wildman–Crippen MR) is 53.5 cm³/mol. The predicted octanol–water partition coefficient (Wildman–Crippen LogP) is 1.98. The van der Waals surface area contributed by atoms with E-state index in [2.05, 4.69) is 4.98 Å². The minimum absolute atomic E-state index is 0.126. The summed E-state index contributed by atoms with van der Waals surface area (Å²) >= 11 is 0. The van der Waals surface area contributed by atoms with Crippen molar-refractivity contribution in [2.24, 2.45) is 5.73 Å². The third-order valence-electron chi connectivity index (χ3n) is 2.79. The molecule has 0 bridgehead atoms. The standard InChI is InChI=1S/C11H16N2/c1-8(12)11-7-13-6-9-4-2-3-5-10(9)11/h6-8H,2-5,12H2,1H3/t8-/m1/s1. The maximum atomic E-state index is 5.90. The molecule has 0 fully saturated rings. The second kappa shape index (κ2) is 3.46. The van der Waals surface area contributed by atoms with Crippen LogP contribution in [0.2, 0.25) is 0 Å². The first kappa shape index (κ1) is 8.70. The number of hydrogen-bond donors (Lipinski definition) is 1. The van der Waals surface area contributed by atoms with Crippen LogP contribution in [0.4, 0.5) is 0 Å². The second-order valence-corrected chi connectivity index (χ2v) is 3.86. The van der Waals surface area contributed by atoms with E-state index in [0.29, 0.717) is 0 Å². The monoisotopic (exact) mass is 176 g/mol. The van der Waals surface area contributed by atoms with Crippen molar-refractivity contribution in [3.05, 3.63) is 29.1 Å². The molecule has 0 aliphatic heterocycles. The molecule has 13 heavy (non-hydrogen) atoms. The van der Waals surface area contributed by atoms with Gasteiger partial charge in [0, 0.05) is 18.4 Å². The van der Waals surface area contributed by atoms with Crippen molar-refractivity contribution in [3.63, 3.8) is 0 Å². The number of hydrogen-bond acceptors (Lipinski definition) is 2. The van der Waals surface area contributed by atoms with E-state index >= 15 is 0 Å². The van der Waals surface area contributed by atoms with Gasteiger partial charge in [0.2, 0.25) is 0 Å². The summed E-state index contributed by atoms with van der Waals surface area (Å²) in [6.07, 6.45) is 8.90. The Morgan fingerprint density at radius 2 is 2.08 bits per heavy atom. The van der Waals surface area contributed by atoms with Gasteiger partial charge in [0.15, 0.2) is 0 Å². The van der Waals surface area contributed by atoms with E-state index < -0.39 is 0 Å². The number of aryl methyl sites for hydroxylation is 1. The first-order chi connectivity index (χ1) is 6.29. The van der Waals surface area contributed by atoms with Gasteiger partial charge in [0.05, 0.1) is 0 Å². The molecular formula is C11H16N2. The summed E-state index contributed by atoms with van der Waals surface area (Å²) in [5.74, 6) is 0. The molecule has 0 spiro atoms. The van der Waals surface area contributed by atoms with Crippen LogP contribution in [0.3, 0.4) is 0 Å². The fraction of sp³-hybridized carbons (Fsp3) is 0.545. The number of fused-ring (bicyclic) bond motifs is 1. The lowest BCUT2D eigenvalue weighted by molar-refractivity contribution is 0.661. The first-order valence-electron chi connectivity index (χ1n) is 5.00. The van der Waals surface area contributed by atoms with Crippen LogP contribution in [0.1, 0.15) is 42.5 Å². The first-order valence-corrected chi connectivity index (χ1v) is 5.00. The molecule has 70 valence electrons. The van der Waals surface area contributed by atoms with E-state index in [1.54, 1.807) is 0 Å². The van der Waals surface area contributed by atoms with Crippen LogP contribution in [0.15, 0.2) is 12.4 Å². The fourth-order valence-electron chi connectivity index (χ4n) is 2.08. The molecule has 2 nitrogen and oxygen atoms in total. The van der Waals surface area contributed by atoms with Gasteiger partial charge in [-0.15, -0.1) is 0 Å². The van der Waals surface area contributed by atoms with Gasteiger partial charge in [-0.25, -0.2) is 0 Å². The van der Waals surface area contributed by atoms with Crippen LogP contribution in [0.25, 0.3) is 0 Å². The molecule has 1 aliphatic rings. The highest BCUT2D eigenvalue weighted by Gasteiger charge is 2.14. The molecule has 0 aromatic carbocycles. The second-order valence-electron chi connectivity index (χ2n) is 3.86. The highest BCUT2D eigenvalue weighted by molar-refractivity contribution is 5.35. The fourth-order valence-corrected chi connectivity index (χ4v) is 2.08. The lowest BCUT2D eigenvalue weighted by Crippen LogP contribution is -2.13. The molecule has 1 aliphatic carbocycles. The number of nitrogens with two attached hydrogens (primary N) is 1. The molecule has 0 saturated carbocycles. The Balaban J connectivity index is 2.46. The topological polar surface area (TPSA) is 38.9 Å². The molecule has 1 aromatic heterocycles. The summed E-state index contributed by atoms with van der Waals surface area (Å²) in [4.78, 5) is 4.24. The van der Waals surface area contributed by atoms with Crippen LogP contribution in [0.5, 0.6) is 0 Å². The van der Waals surface area contributed by atoms with Gasteiger partial charge in [-0.1, -0.05) is 0 Å². The van der Waals surface area contributed by atoms with Crippen LogP contribution in [-0.2, 0) is 12.8 Å². The minimum atomic E-state index is 0.126. The molecule has 1 heterocycles. The third kappa shape index (κ3) is 1.59. The Morgan fingerprint density at radius 3 is 2.85 bits per heavy atom. The van der Waals surface area contributed by atoms with Crippen molar-refractivity contribution < 1.29 is 0 Å². The van der Waals surface area contributed by atoms with Gasteiger partial charge in [0.25, 0.3) is 0 Å². The molecule has 2 rings (SSSR count). The van der Waals surface area contributed by atoms with E-state index in [4.69, 9.17) is 5.73 Å². The van der Waals surface area contributed by atoms with Gasteiger partial charge in [-0.3, -0.25) is 4.98 Å². The highest BCUT2D eigenvalue weighted by Crippen LogP contribution is 2.25. The highest BCUT2D eigenvalue weighted by atomic mass is 14.7. The SMILES string of the molecule is C[C@@H](N)c1cncc2c1CCCC2. The zero-order valence-corrected chi connectivity index (χ0v) is 8.09. The number of pyridine rings is 1.